The zero-order valence-corrected chi connectivity index (χ0v) is 11.8. The van der Waals surface area contributed by atoms with Crippen LogP contribution in [-0.4, -0.2) is 34.0 Å². The number of carbonyl (C=O) groups is 1. The Morgan fingerprint density at radius 2 is 2.20 bits per heavy atom. The third-order valence-corrected chi connectivity index (χ3v) is 2.93. The fourth-order valence-electron chi connectivity index (χ4n) is 1.87. The van der Waals surface area contributed by atoms with Crippen LogP contribution in [-0.2, 0) is 4.79 Å². The van der Waals surface area contributed by atoms with Crippen molar-refractivity contribution in [1.29, 1.82) is 0 Å². The van der Waals surface area contributed by atoms with E-state index in [2.05, 4.69) is 20.6 Å². The Morgan fingerprint density at radius 1 is 1.35 bits per heavy atom. The van der Waals surface area contributed by atoms with Gasteiger partial charge in [-0.25, -0.2) is 9.97 Å². The zero-order valence-electron chi connectivity index (χ0n) is 11.8. The van der Waals surface area contributed by atoms with E-state index in [1.807, 2.05) is 36.9 Å². The molecule has 2 heterocycles. The monoisotopic (exact) mass is 273 g/mol. The van der Waals surface area contributed by atoms with E-state index in [0.717, 1.165) is 24.6 Å². The van der Waals surface area contributed by atoms with Gasteiger partial charge >= 0.3 is 0 Å². The van der Waals surface area contributed by atoms with E-state index >= 15 is 0 Å². The van der Waals surface area contributed by atoms with E-state index in [1.54, 1.807) is 12.4 Å². The van der Waals surface area contributed by atoms with E-state index in [0.29, 0.717) is 12.1 Å². The molecule has 20 heavy (non-hydrogen) atoms. The summed E-state index contributed by atoms with van der Waals surface area (Å²) in [6, 6.07) is 3.70. The van der Waals surface area contributed by atoms with Gasteiger partial charge in [-0.05, 0) is 39.1 Å². The number of aryl methyl sites for hydroxylation is 1. The lowest BCUT2D eigenvalue weighted by molar-refractivity contribution is -0.116. The smallest absolute Gasteiger partial charge is 0.224 e. The summed E-state index contributed by atoms with van der Waals surface area (Å²) < 4.78 is 1.89. The van der Waals surface area contributed by atoms with Gasteiger partial charge in [-0.1, -0.05) is 0 Å². The topological polar surface area (TPSA) is 71.8 Å². The molecule has 0 aromatic carbocycles. The number of nitrogens with one attached hydrogen (secondary N) is 2. The van der Waals surface area contributed by atoms with E-state index in [4.69, 9.17) is 0 Å². The SMILES string of the molecule is CNCCCC(=O)Nc1ccc(-n2ccnc2C)nc1. The summed E-state index contributed by atoms with van der Waals surface area (Å²) in [6.07, 6.45) is 6.57. The molecule has 0 spiro atoms. The van der Waals surface area contributed by atoms with Crippen LogP contribution in [0, 0.1) is 6.92 Å². The first-order valence-electron chi connectivity index (χ1n) is 6.61. The van der Waals surface area contributed by atoms with Crippen LogP contribution in [0.2, 0.25) is 0 Å². The van der Waals surface area contributed by atoms with E-state index < -0.39 is 0 Å². The third kappa shape index (κ3) is 3.64. The molecule has 1 amide bonds. The van der Waals surface area contributed by atoms with E-state index in [9.17, 15) is 4.79 Å². The highest BCUT2D eigenvalue weighted by molar-refractivity contribution is 5.90. The Bertz CT molecular complexity index is 561. The molecule has 0 fully saturated rings. The van der Waals surface area contributed by atoms with Gasteiger partial charge in [0.2, 0.25) is 5.91 Å². The number of aromatic nitrogens is 3. The average Bonchev–Trinajstić information content (AvgIpc) is 2.86. The Kier molecular flexibility index (Phi) is 4.84. The third-order valence-electron chi connectivity index (χ3n) is 2.93. The molecule has 0 aliphatic rings. The molecule has 0 bridgehead atoms. The van der Waals surface area contributed by atoms with Gasteiger partial charge in [0.05, 0.1) is 11.9 Å². The Balaban J connectivity index is 1.95. The van der Waals surface area contributed by atoms with Crippen LogP contribution in [0.25, 0.3) is 5.82 Å². The summed E-state index contributed by atoms with van der Waals surface area (Å²) in [7, 11) is 1.87. The standard InChI is InChI=1S/C14H19N5O/c1-11-16-8-9-19(11)13-6-5-12(10-17-13)18-14(20)4-3-7-15-2/h5-6,8-10,15H,3-4,7H2,1-2H3,(H,18,20). The molecular formula is C14H19N5O. The van der Waals surface area contributed by atoms with Crippen molar-refractivity contribution in [2.24, 2.45) is 0 Å². The van der Waals surface area contributed by atoms with Gasteiger partial charge in [-0.2, -0.15) is 0 Å². The highest BCUT2D eigenvalue weighted by Gasteiger charge is 2.04. The van der Waals surface area contributed by atoms with Crippen molar-refractivity contribution in [1.82, 2.24) is 19.9 Å². The summed E-state index contributed by atoms with van der Waals surface area (Å²) in [6.45, 7) is 2.75. The lowest BCUT2D eigenvalue weighted by atomic mass is 10.3. The first-order valence-corrected chi connectivity index (χ1v) is 6.61. The van der Waals surface area contributed by atoms with Crippen LogP contribution in [0.4, 0.5) is 5.69 Å². The predicted molar refractivity (Wildman–Crippen MR) is 77.9 cm³/mol. The first kappa shape index (κ1) is 14.2. The molecule has 6 nitrogen and oxygen atoms in total. The van der Waals surface area contributed by atoms with Gasteiger partial charge in [-0.3, -0.25) is 9.36 Å². The summed E-state index contributed by atoms with van der Waals surface area (Å²) in [4.78, 5) is 20.2. The molecule has 2 N–H and O–H groups in total. The molecule has 0 atom stereocenters. The lowest BCUT2D eigenvalue weighted by Crippen LogP contribution is -2.15. The second kappa shape index (κ2) is 6.81. The van der Waals surface area contributed by atoms with Crippen molar-refractivity contribution in [3.05, 3.63) is 36.5 Å². The van der Waals surface area contributed by atoms with Crippen molar-refractivity contribution >= 4 is 11.6 Å². The highest BCUT2D eigenvalue weighted by Crippen LogP contribution is 2.11. The van der Waals surface area contributed by atoms with Gasteiger partial charge in [0, 0.05) is 18.8 Å². The largest absolute Gasteiger partial charge is 0.325 e. The fourth-order valence-corrected chi connectivity index (χ4v) is 1.87. The fraction of sp³-hybridized carbons (Fsp3) is 0.357. The van der Waals surface area contributed by atoms with Crippen LogP contribution in [0.15, 0.2) is 30.7 Å². The summed E-state index contributed by atoms with van der Waals surface area (Å²) >= 11 is 0. The lowest BCUT2D eigenvalue weighted by Gasteiger charge is -2.07. The van der Waals surface area contributed by atoms with Crippen molar-refractivity contribution in [2.45, 2.75) is 19.8 Å². The van der Waals surface area contributed by atoms with Gasteiger partial charge < -0.3 is 10.6 Å². The molecule has 2 rings (SSSR count). The summed E-state index contributed by atoms with van der Waals surface area (Å²) in [5.41, 5.74) is 0.709. The Morgan fingerprint density at radius 3 is 2.80 bits per heavy atom. The van der Waals surface area contributed by atoms with Crippen LogP contribution < -0.4 is 10.6 Å². The summed E-state index contributed by atoms with van der Waals surface area (Å²) in [5, 5.41) is 5.85. The Hall–Kier alpha value is -2.21. The van der Waals surface area contributed by atoms with Gasteiger partial charge in [0.25, 0.3) is 0 Å². The molecule has 0 unspecified atom stereocenters. The van der Waals surface area contributed by atoms with Crippen LogP contribution in [0.5, 0.6) is 0 Å². The molecule has 2 aromatic rings. The van der Waals surface area contributed by atoms with E-state index in [-0.39, 0.29) is 5.91 Å². The van der Waals surface area contributed by atoms with Crippen molar-refractivity contribution in [3.63, 3.8) is 0 Å². The maximum absolute atomic E-state index is 11.7. The molecule has 6 heteroatoms. The maximum Gasteiger partial charge on any atom is 0.224 e. The molecule has 0 aliphatic heterocycles. The molecule has 0 radical (unpaired) electrons. The van der Waals surface area contributed by atoms with Crippen LogP contribution in [0.1, 0.15) is 18.7 Å². The predicted octanol–water partition coefficient (Wildman–Crippen LogP) is 1.51. The maximum atomic E-state index is 11.7. The highest BCUT2D eigenvalue weighted by atomic mass is 16.1. The van der Waals surface area contributed by atoms with Gasteiger partial charge in [-0.15, -0.1) is 0 Å². The minimum absolute atomic E-state index is 0.00797. The first-order chi connectivity index (χ1) is 9.70. The molecular weight excluding hydrogens is 254 g/mol. The van der Waals surface area contributed by atoms with Gasteiger partial charge in [0.15, 0.2) is 0 Å². The van der Waals surface area contributed by atoms with Crippen LogP contribution >= 0.6 is 0 Å². The van der Waals surface area contributed by atoms with Gasteiger partial charge in [0.1, 0.15) is 11.6 Å². The number of hydrogen-bond acceptors (Lipinski definition) is 4. The minimum Gasteiger partial charge on any atom is -0.325 e. The number of carbonyl (C=O) groups excluding carboxylic acids is 1. The molecule has 0 saturated carbocycles. The van der Waals surface area contributed by atoms with Crippen molar-refractivity contribution in [3.8, 4) is 5.82 Å². The second-order valence-corrected chi connectivity index (χ2v) is 4.50. The van der Waals surface area contributed by atoms with Crippen molar-refractivity contribution in [2.75, 3.05) is 18.9 Å². The molecule has 2 aromatic heterocycles. The number of pyridine rings is 1. The second-order valence-electron chi connectivity index (χ2n) is 4.50. The molecule has 106 valence electrons. The number of rotatable bonds is 6. The van der Waals surface area contributed by atoms with Crippen LogP contribution in [0.3, 0.4) is 0 Å². The summed E-state index contributed by atoms with van der Waals surface area (Å²) in [5.74, 6) is 1.67. The number of nitrogens with zero attached hydrogens (tertiary/aromatic N) is 3. The van der Waals surface area contributed by atoms with E-state index in [1.165, 1.54) is 0 Å². The zero-order chi connectivity index (χ0) is 14.4. The number of anilines is 1. The number of amides is 1. The molecule has 0 saturated heterocycles. The Labute approximate surface area is 118 Å². The quantitative estimate of drug-likeness (QED) is 0.783. The number of hydrogen-bond donors (Lipinski definition) is 2. The molecule has 0 aliphatic carbocycles. The average molecular weight is 273 g/mol. The number of imidazole rings is 1. The normalized spacial score (nSPS) is 10.5. The van der Waals surface area contributed by atoms with Crippen molar-refractivity contribution < 1.29 is 4.79 Å². The minimum atomic E-state index is 0.00797.